The number of carbonyl (C=O) groups excluding carboxylic acids is 1. The van der Waals surface area contributed by atoms with Crippen LogP contribution >= 0.6 is 0 Å². The minimum Gasteiger partial charge on any atom is -0.741 e. The molecule has 3 rings (SSSR count). The minimum atomic E-state index is -6.09. The van der Waals surface area contributed by atoms with Crippen molar-refractivity contribution in [1.82, 2.24) is 0 Å². The smallest absolute Gasteiger partial charge is 0.485 e. The van der Waals surface area contributed by atoms with E-state index >= 15 is 0 Å². The maximum Gasteiger partial charge on any atom is 0.485 e. The largest absolute Gasteiger partial charge is 0.741 e. The van der Waals surface area contributed by atoms with Crippen LogP contribution in [0.4, 0.5) is 13.2 Å². The highest BCUT2D eigenvalue weighted by Gasteiger charge is 2.37. The number of benzene rings is 3. The van der Waals surface area contributed by atoms with Crippen molar-refractivity contribution in [3.63, 3.8) is 0 Å². The third-order valence-electron chi connectivity index (χ3n) is 4.08. The van der Waals surface area contributed by atoms with Gasteiger partial charge >= 0.3 is 11.5 Å². The van der Waals surface area contributed by atoms with E-state index in [2.05, 4.69) is 30.3 Å². The van der Waals surface area contributed by atoms with Gasteiger partial charge in [0, 0.05) is 0 Å². The monoisotopic (exact) mass is 542 g/mol. The Hall–Kier alpha value is -3.02. The first-order valence-electron chi connectivity index (χ1n) is 10.5. The molecular formula is C25H25F3O6S2. The third-order valence-corrected chi connectivity index (χ3v) is 6.91. The molecule has 0 N–H and O–H groups in total. The number of ether oxygens (including phenoxy) is 2. The molecule has 0 aliphatic rings. The normalized spacial score (nSPS) is 11.9. The third kappa shape index (κ3) is 9.21. The van der Waals surface area contributed by atoms with Crippen LogP contribution in [0.5, 0.6) is 5.75 Å². The molecular weight excluding hydrogens is 517 g/mol. The lowest BCUT2D eigenvalue weighted by Gasteiger charge is -2.19. The molecule has 0 fully saturated rings. The number of carbonyl (C=O) groups is 1. The van der Waals surface area contributed by atoms with Gasteiger partial charge in [-0.15, -0.1) is 0 Å². The standard InChI is InChI=1S/C24H25O3S.CHF3O3S/c1-24(2,3)27-23(25)18-26-21-16-10-11-17-22(21)28(19-12-6-4-7-13-19)20-14-8-5-9-15-20;2-1(3,4)8(5,6)7/h4-17H,18H2,1-3H3;(H,5,6,7)/q+1;/p-1. The fourth-order valence-corrected chi connectivity index (χ4v) is 4.93. The summed E-state index contributed by atoms with van der Waals surface area (Å²) in [6.07, 6.45) is 0. The molecule has 0 heterocycles. The van der Waals surface area contributed by atoms with Crippen LogP contribution in [0.3, 0.4) is 0 Å². The van der Waals surface area contributed by atoms with E-state index in [1.165, 1.54) is 9.79 Å². The van der Waals surface area contributed by atoms with Crippen LogP contribution < -0.4 is 4.74 Å². The van der Waals surface area contributed by atoms with Crippen LogP contribution in [0.15, 0.2) is 99.6 Å². The van der Waals surface area contributed by atoms with Gasteiger partial charge in [-0.05, 0) is 57.2 Å². The van der Waals surface area contributed by atoms with Gasteiger partial charge in [0.25, 0.3) is 0 Å². The Morgan fingerprint density at radius 3 is 1.67 bits per heavy atom. The van der Waals surface area contributed by atoms with Crippen molar-refractivity contribution in [2.45, 2.75) is 46.6 Å². The number of rotatable bonds is 6. The molecule has 0 amide bonds. The van der Waals surface area contributed by atoms with Crippen molar-refractivity contribution in [3.05, 3.63) is 84.9 Å². The highest BCUT2D eigenvalue weighted by atomic mass is 32.2. The highest BCUT2D eigenvalue weighted by molar-refractivity contribution is 7.97. The lowest BCUT2D eigenvalue weighted by Crippen LogP contribution is -2.27. The minimum absolute atomic E-state index is 0.116. The summed E-state index contributed by atoms with van der Waals surface area (Å²) in [4.78, 5) is 15.5. The Bertz CT molecular complexity index is 1190. The van der Waals surface area contributed by atoms with Gasteiger partial charge in [0.15, 0.2) is 32.3 Å². The summed E-state index contributed by atoms with van der Waals surface area (Å²) in [5.41, 5.74) is -6.18. The van der Waals surface area contributed by atoms with Crippen LogP contribution in [0.25, 0.3) is 0 Å². The van der Waals surface area contributed by atoms with Crippen molar-refractivity contribution in [1.29, 1.82) is 0 Å². The summed E-state index contributed by atoms with van der Waals surface area (Å²) in [5.74, 6) is 0.325. The van der Waals surface area contributed by atoms with E-state index in [9.17, 15) is 18.0 Å². The van der Waals surface area contributed by atoms with Crippen LogP contribution in [-0.4, -0.2) is 36.7 Å². The molecule has 3 aromatic rings. The maximum absolute atomic E-state index is 12.1. The second kappa shape index (κ2) is 12.3. The average Bonchev–Trinajstić information content (AvgIpc) is 2.78. The second-order valence-electron chi connectivity index (χ2n) is 8.15. The molecule has 11 heteroatoms. The molecule has 0 aliphatic heterocycles. The zero-order valence-corrected chi connectivity index (χ0v) is 21.3. The molecule has 0 atom stereocenters. The van der Waals surface area contributed by atoms with Crippen LogP contribution in [0.1, 0.15) is 20.8 Å². The van der Waals surface area contributed by atoms with Gasteiger partial charge in [0.2, 0.25) is 4.90 Å². The predicted molar refractivity (Wildman–Crippen MR) is 129 cm³/mol. The molecule has 0 saturated heterocycles. The molecule has 194 valence electrons. The second-order valence-corrected chi connectivity index (χ2v) is 11.5. The Morgan fingerprint density at radius 2 is 1.25 bits per heavy atom. The molecule has 0 spiro atoms. The Labute approximate surface area is 211 Å². The number of esters is 1. The van der Waals surface area contributed by atoms with Gasteiger partial charge in [-0.2, -0.15) is 13.2 Å². The Morgan fingerprint density at radius 1 is 0.833 bits per heavy atom. The molecule has 3 aromatic carbocycles. The lowest BCUT2D eigenvalue weighted by atomic mass is 10.2. The first-order chi connectivity index (χ1) is 16.7. The van der Waals surface area contributed by atoms with E-state index in [1.807, 2.05) is 75.4 Å². The topological polar surface area (TPSA) is 92.7 Å². The van der Waals surface area contributed by atoms with Gasteiger partial charge in [-0.3, -0.25) is 0 Å². The van der Waals surface area contributed by atoms with Gasteiger partial charge in [0.1, 0.15) is 16.5 Å². The number of halogens is 3. The van der Waals surface area contributed by atoms with Crippen LogP contribution in [0, 0.1) is 0 Å². The van der Waals surface area contributed by atoms with E-state index in [4.69, 9.17) is 22.4 Å². The van der Waals surface area contributed by atoms with Crippen molar-refractivity contribution in [3.8, 4) is 5.75 Å². The average molecular weight is 543 g/mol. The van der Waals surface area contributed by atoms with Crippen LogP contribution in [-0.2, 0) is 30.5 Å². The van der Waals surface area contributed by atoms with Gasteiger partial charge < -0.3 is 14.0 Å². The summed E-state index contributed by atoms with van der Waals surface area (Å²) in [6.45, 7) is 5.43. The first kappa shape index (κ1) is 29.2. The molecule has 0 bridgehead atoms. The van der Waals surface area contributed by atoms with E-state index in [0.717, 1.165) is 4.90 Å². The summed E-state index contributed by atoms with van der Waals surface area (Å²) in [6, 6.07) is 28.6. The maximum atomic E-state index is 12.1. The lowest BCUT2D eigenvalue weighted by molar-refractivity contribution is -0.157. The van der Waals surface area contributed by atoms with Gasteiger partial charge in [-0.1, -0.05) is 48.5 Å². The fourth-order valence-electron chi connectivity index (χ4n) is 2.75. The fraction of sp³-hybridized carbons (Fsp3) is 0.240. The van der Waals surface area contributed by atoms with Crippen molar-refractivity contribution >= 4 is 27.0 Å². The SMILES string of the molecule is CC(C)(C)OC(=O)COc1ccccc1[S+](c1ccccc1)c1ccccc1.O=S(=O)([O-])C(F)(F)F. The van der Waals surface area contributed by atoms with E-state index in [-0.39, 0.29) is 23.5 Å². The molecule has 0 unspecified atom stereocenters. The van der Waals surface area contributed by atoms with E-state index in [1.54, 1.807) is 0 Å². The Balaban J connectivity index is 0.000000493. The molecule has 0 aliphatic carbocycles. The number of hydrogen-bond donors (Lipinski definition) is 0. The van der Waals surface area contributed by atoms with Crippen molar-refractivity contribution < 1.29 is 40.4 Å². The van der Waals surface area contributed by atoms with Crippen LogP contribution in [0.2, 0.25) is 0 Å². The zero-order valence-electron chi connectivity index (χ0n) is 19.7. The summed E-state index contributed by atoms with van der Waals surface area (Å²) >= 11 is 0. The molecule has 0 aromatic heterocycles. The zero-order chi connectivity index (χ0) is 27.0. The number of para-hydroxylation sites is 1. The quantitative estimate of drug-likeness (QED) is 0.175. The molecule has 0 radical (unpaired) electrons. The van der Waals surface area contributed by atoms with Gasteiger partial charge in [0.05, 0.1) is 0 Å². The summed E-state index contributed by atoms with van der Waals surface area (Å²) in [5, 5.41) is 0. The van der Waals surface area contributed by atoms with Gasteiger partial charge in [-0.25, -0.2) is 13.2 Å². The Kier molecular flexibility index (Phi) is 9.97. The first-order valence-corrected chi connectivity index (χ1v) is 13.1. The molecule has 36 heavy (non-hydrogen) atoms. The van der Waals surface area contributed by atoms with Crippen molar-refractivity contribution in [2.75, 3.05) is 6.61 Å². The highest BCUT2D eigenvalue weighted by Crippen LogP contribution is 2.36. The molecule has 0 saturated carbocycles. The summed E-state index contributed by atoms with van der Waals surface area (Å²) in [7, 11) is -6.43. The van der Waals surface area contributed by atoms with Crippen molar-refractivity contribution in [2.24, 2.45) is 0 Å². The van der Waals surface area contributed by atoms with E-state index in [0.29, 0.717) is 5.75 Å². The summed E-state index contributed by atoms with van der Waals surface area (Å²) < 4.78 is 70.2. The predicted octanol–water partition coefficient (Wildman–Crippen LogP) is 5.55. The number of hydrogen-bond acceptors (Lipinski definition) is 6. The number of alkyl halides is 3. The van der Waals surface area contributed by atoms with E-state index < -0.39 is 21.2 Å². The molecule has 6 nitrogen and oxygen atoms in total.